The summed E-state index contributed by atoms with van der Waals surface area (Å²) in [6, 6.07) is 1.41. The SMILES string of the molecule is COC1CC(NCC2CCCCCN2)C1. The normalized spacial score (nSPS) is 37.0. The number of nitrogens with one attached hydrogen (secondary N) is 2. The Hall–Kier alpha value is -0.120. The Morgan fingerprint density at radius 2 is 2.13 bits per heavy atom. The summed E-state index contributed by atoms with van der Waals surface area (Å²) in [5.74, 6) is 0. The molecule has 2 N–H and O–H groups in total. The first-order valence-electron chi connectivity index (χ1n) is 6.38. The highest BCUT2D eigenvalue weighted by atomic mass is 16.5. The van der Waals surface area contributed by atoms with E-state index in [0.29, 0.717) is 18.2 Å². The van der Waals surface area contributed by atoms with Crippen molar-refractivity contribution in [3.63, 3.8) is 0 Å². The van der Waals surface area contributed by atoms with Crippen molar-refractivity contribution in [1.29, 1.82) is 0 Å². The quantitative estimate of drug-likeness (QED) is 0.736. The van der Waals surface area contributed by atoms with Crippen LogP contribution in [-0.4, -0.2) is 38.4 Å². The Morgan fingerprint density at radius 3 is 2.93 bits per heavy atom. The zero-order chi connectivity index (χ0) is 10.5. The lowest BCUT2D eigenvalue weighted by molar-refractivity contribution is 0.0169. The van der Waals surface area contributed by atoms with Gasteiger partial charge < -0.3 is 15.4 Å². The molecule has 1 aliphatic carbocycles. The van der Waals surface area contributed by atoms with Gasteiger partial charge in [-0.25, -0.2) is 0 Å². The van der Waals surface area contributed by atoms with Crippen molar-refractivity contribution in [2.75, 3.05) is 20.2 Å². The van der Waals surface area contributed by atoms with Crippen LogP contribution < -0.4 is 10.6 Å². The van der Waals surface area contributed by atoms with Gasteiger partial charge in [0.1, 0.15) is 0 Å². The summed E-state index contributed by atoms with van der Waals surface area (Å²) in [6.45, 7) is 2.35. The van der Waals surface area contributed by atoms with Gasteiger partial charge in [-0.05, 0) is 32.2 Å². The van der Waals surface area contributed by atoms with Crippen molar-refractivity contribution in [3.05, 3.63) is 0 Å². The van der Waals surface area contributed by atoms with Crippen LogP contribution >= 0.6 is 0 Å². The Bertz CT molecular complexity index is 172. The zero-order valence-corrected chi connectivity index (χ0v) is 9.80. The van der Waals surface area contributed by atoms with Crippen LogP contribution in [0.5, 0.6) is 0 Å². The molecule has 1 saturated heterocycles. The van der Waals surface area contributed by atoms with Gasteiger partial charge in [0, 0.05) is 25.7 Å². The van der Waals surface area contributed by atoms with E-state index in [1.54, 1.807) is 0 Å². The minimum Gasteiger partial charge on any atom is -0.381 e. The number of ether oxygens (including phenoxy) is 1. The molecule has 1 atom stereocenters. The second-order valence-electron chi connectivity index (χ2n) is 4.93. The monoisotopic (exact) mass is 212 g/mol. The third kappa shape index (κ3) is 3.44. The van der Waals surface area contributed by atoms with Gasteiger partial charge in [-0.2, -0.15) is 0 Å². The summed E-state index contributed by atoms with van der Waals surface area (Å²) >= 11 is 0. The molecular weight excluding hydrogens is 188 g/mol. The number of hydrogen-bond donors (Lipinski definition) is 2. The molecule has 3 nitrogen and oxygen atoms in total. The molecule has 1 saturated carbocycles. The van der Waals surface area contributed by atoms with Crippen LogP contribution in [0.25, 0.3) is 0 Å². The predicted molar refractivity (Wildman–Crippen MR) is 62.1 cm³/mol. The highest BCUT2D eigenvalue weighted by Gasteiger charge is 2.28. The molecule has 1 aliphatic heterocycles. The molecule has 1 unspecified atom stereocenters. The van der Waals surface area contributed by atoms with Crippen LogP contribution in [0.15, 0.2) is 0 Å². The van der Waals surface area contributed by atoms with Crippen molar-refractivity contribution in [2.24, 2.45) is 0 Å². The van der Waals surface area contributed by atoms with Gasteiger partial charge >= 0.3 is 0 Å². The maximum atomic E-state index is 5.27. The fraction of sp³-hybridized carbons (Fsp3) is 1.00. The van der Waals surface area contributed by atoms with Crippen molar-refractivity contribution < 1.29 is 4.74 Å². The second kappa shape index (κ2) is 5.83. The molecule has 3 heteroatoms. The molecule has 1 heterocycles. The summed E-state index contributed by atoms with van der Waals surface area (Å²) in [5, 5.41) is 7.25. The van der Waals surface area contributed by atoms with E-state index in [9.17, 15) is 0 Å². The number of rotatable bonds is 4. The molecule has 0 aromatic heterocycles. The maximum absolute atomic E-state index is 5.27. The fourth-order valence-electron chi connectivity index (χ4n) is 2.51. The Kier molecular flexibility index (Phi) is 4.42. The van der Waals surface area contributed by atoms with Gasteiger partial charge in [-0.1, -0.05) is 12.8 Å². The second-order valence-corrected chi connectivity index (χ2v) is 4.93. The van der Waals surface area contributed by atoms with Crippen LogP contribution in [-0.2, 0) is 4.74 Å². The summed E-state index contributed by atoms with van der Waals surface area (Å²) in [6.07, 6.45) is 8.40. The highest BCUT2D eigenvalue weighted by Crippen LogP contribution is 2.22. The summed E-state index contributed by atoms with van der Waals surface area (Å²) in [7, 11) is 1.81. The van der Waals surface area contributed by atoms with Crippen molar-refractivity contribution >= 4 is 0 Å². The summed E-state index contributed by atoms with van der Waals surface area (Å²) < 4.78 is 5.27. The maximum Gasteiger partial charge on any atom is 0.0601 e. The van der Waals surface area contributed by atoms with E-state index in [0.717, 1.165) is 6.54 Å². The Morgan fingerprint density at radius 1 is 1.27 bits per heavy atom. The van der Waals surface area contributed by atoms with Gasteiger partial charge in [-0.3, -0.25) is 0 Å². The van der Waals surface area contributed by atoms with Gasteiger partial charge in [0.2, 0.25) is 0 Å². The first-order chi connectivity index (χ1) is 7.38. The minimum absolute atomic E-state index is 0.518. The van der Waals surface area contributed by atoms with E-state index in [-0.39, 0.29) is 0 Å². The van der Waals surface area contributed by atoms with Crippen LogP contribution in [0.2, 0.25) is 0 Å². The smallest absolute Gasteiger partial charge is 0.0601 e. The van der Waals surface area contributed by atoms with Gasteiger partial charge in [-0.15, -0.1) is 0 Å². The minimum atomic E-state index is 0.518. The molecule has 0 spiro atoms. The average Bonchev–Trinajstić information content (AvgIpc) is 2.44. The topological polar surface area (TPSA) is 33.3 Å². The van der Waals surface area contributed by atoms with Crippen LogP contribution in [0.3, 0.4) is 0 Å². The van der Waals surface area contributed by atoms with E-state index in [2.05, 4.69) is 10.6 Å². The van der Waals surface area contributed by atoms with Crippen LogP contribution in [0.4, 0.5) is 0 Å². The van der Waals surface area contributed by atoms with Gasteiger partial charge in [0.15, 0.2) is 0 Å². The lowest BCUT2D eigenvalue weighted by atomic mass is 9.89. The third-order valence-electron chi connectivity index (χ3n) is 3.74. The largest absolute Gasteiger partial charge is 0.381 e. The number of methoxy groups -OCH3 is 1. The molecule has 0 aromatic rings. The van der Waals surface area contributed by atoms with E-state index < -0.39 is 0 Å². The lowest BCUT2D eigenvalue weighted by Crippen LogP contribution is -2.49. The summed E-state index contributed by atoms with van der Waals surface area (Å²) in [4.78, 5) is 0. The molecule has 0 bridgehead atoms. The molecule has 2 rings (SSSR count). The Balaban J connectivity index is 1.57. The molecule has 2 aliphatic rings. The van der Waals surface area contributed by atoms with Crippen LogP contribution in [0, 0.1) is 0 Å². The van der Waals surface area contributed by atoms with Gasteiger partial charge in [0.05, 0.1) is 6.10 Å². The molecule has 0 amide bonds. The fourth-order valence-corrected chi connectivity index (χ4v) is 2.51. The first kappa shape index (κ1) is 11.4. The highest BCUT2D eigenvalue weighted by molar-refractivity contribution is 4.87. The molecule has 15 heavy (non-hydrogen) atoms. The summed E-state index contributed by atoms with van der Waals surface area (Å²) in [5.41, 5.74) is 0. The van der Waals surface area contributed by atoms with Crippen molar-refractivity contribution in [1.82, 2.24) is 10.6 Å². The van der Waals surface area contributed by atoms with E-state index in [1.807, 2.05) is 7.11 Å². The lowest BCUT2D eigenvalue weighted by Gasteiger charge is -2.35. The van der Waals surface area contributed by atoms with Crippen molar-refractivity contribution in [2.45, 2.75) is 56.7 Å². The molecule has 88 valence electrons. The average molecular weight is 212 g/mol. The number of hydrogen-bond acceptors (Lipinski definition) is 3. The van der Waals surface area contributed by atoms with Crippen LogP contribution in [0.1, 0.15) is 38.5 Å². The predicted octanol–water partition coefficient (Wildman–Crippen LogP) is 1.29. The van der Waals surface area contributed by atoms with Crippen molar-refractivity contribution in [3.8, 4) is 0 Å². The van der Waals surface area contributed by atoms with E-state index in [4.69, 9.17) is 4.74 Å². The molecule has 2 fully saturated rings. The molecule has 0 aromatic carbocycles. The third-order valence-corrected chi connectivity index (χ3v) is 3.74. The van der Waals surface area contributed by atoms with Gasteiger partial charge in [0.25, 0.3) is 0 Å². The van der Waals surface area contributed by atoms with E-state index >= 15 is 0 Å². The standard InChI is InChI=1S/C12H24N2O/c1-15-12-7-11(8-12)14-9-10-5-3-2-4-6-13-10/h10-14H,2-9H2,1H3. The molecular formula is C12H24N2O. The molecule has 0 radical (unpaired) electrons. The Labute approximate surface area is 93.0 Å². The first-order valence-corrected chi connectivity index (χ1v) is 6.38. The zero-order valence-electron chi connectivity index (χ0n) is 9.80. The van der Waals surface area contributed by atoms with E-state index in [1.165, 1.54) is 45.1 Å².